The van der Waals surface area contributed by atoms with Gasteiger partial charge in [0.05, 0.1) is 0 Å². The molecule has 0 aromatic heterocycles. The molecule has 0 amide bonds. The molecule has 0 saturated carbocycles. The largest absolute Gasteiger partial charge is 0.461 e. The van der Waals surface area contributed by atoms with Crippen molar-refractivity contribution in [1.29, 1.82) is 0 Å². The zero-order chi connectivity index (χ0) is 15.8. The lowest BCUT2D eigenvalue weighted by atomic mass is 10.1. The second kappa shape index (κ2) is 15.1. The highest BCUT2D eigenvalue weighted by Crippen LogP contribution is 2.04. The second-order valence-electron chi connectivity index (χ2n) is 4.63. The number of esters is 1. The van der Waals surface area contributed by atoms with Crippen molar-refractivity contribution in [1.82, 2.24) is 0 Å². The maximum absolute atomic E-state index is 11.4. The molecule has 0 spiro atoms. The number of rotatable bonds is 11. The minimum absolute atomic E-state index is 0.124. The van der Waals surface area contributed by atoms with Crippen LogP contribution in [-0.4, -0.2) is 33.1 Å². The number of hydrogen-bond donors (Lipinski definition) is 0. The first-order valence-electron chi connectivity index (χ1n) is 7.59. The standard InChI is InChI=1S/C17H28O4/c1-4-5-6-12-15-21-16(18)13-10-8-7-9-11-14-17(19-2)20-3/h6,12,17H,4-5,7-10,13,15H2,1-3H3. The molecule has 4 nitrogen and oxygen atoms in total. The Morgan fingerprint density at radius 2 is 1.90 bits per heavy atom. The summed E-state index contributed by atoms with van der Waals surface area (Å²) >= 11 is 0. The Morgan fingerprint density at radius 3 is 2.57 bits per heavy atom. The third-order valence-corrected chi connectivity index (χ3v) is 2.79. The van der Waals surface area contributed by atoms with Crippen molar-refractivity contribution in [2.45, 2.75) is 58.2 Å². The SMILES string of the molecule is CCCC=CCOC(=O)CCCCCC#CC(OC)OC. The maximum Gasteiger partial charge on any atom is 0.306 e. The molecule has 0 atom stereocenters. The molecule has 120 valence electrons. The van der Waals surface area contributed by atoms with Crippen molar-refractivity contribution in [3.63, 3.8) is 0 Å². The molecule has 0 saturated heterocycles. The Kier molecular flexibility index (Phi) is 14.1. The van der Waals surface area contributed by atoms with Gasteiger partial charge in [-0.1, -0.05) is 37.8 Å². The van der Waals surface area contributed by atoms with Crippen LogP contribution >= 0.6 is 0 Å². The summed E-state index contributed by atoms with van der Waals surface area (Å²) in [6.45, 7) is 2.51. The van der Waals surface area contributed by atoms with Gasteiger partial charge in [-0.2, -0.15) is 0 Å². The molecule has 0 aliphatic rings. The molecule has 0 aliphatic carbocycles. The fourth-order valence-corrected chi connectivity index (χ4v) is 1.59. The molecule has 21 heavy (non-hydrogen) atoms. The van der Waals surface area contributed by atoms with Crippen LogP contribution in [0.3, 0.4) is 0 Å². The van der Waals surface area contributed by atoms with Gasteiger partial charge in [-0.3, -0.25) is 4.79 Å². The topological polar surface area (TPSA) is 44.8 Å². The van der Waals surface area contributed by atoms with Crippen molar-refractivity contribution in [3.05, 3.63) is 12.2 Å². The predicted octanol–water partition coefficient (Wildman–Crippen LogP) is 3.46. The van der Waals surface area contributed by atoms with Crippen molar-refractivity contribution in [2.75, 3.05) is 20.8 Å². The minimum atomic E-state index is -0.444. The molecule has 0 unspecified atom stereocenters. The molecule has 4 heteroatoms. The van der Waals surface area contributed by atoms with Crippen LogP contribution in [0, 0.1) is 11.8 Å². The van der Waals surface area contributed by atoms with Gasteiger partial charge in [0.15, 0.2) is 0 Å². The van der Waals surface area contributed by atoms with E-state index >= 15 is 0 Å². The van der Waals surface area contributed by atoms with Gasteiger partial charge in [0.25, 0.3) is 0 Å². The van der Waals surface area contributed by atoms with Gasteiger partial charge < -0.3 is 14.2 Å². The summed E-state index contributed by atoms with van der Waals surface area (Å²) in [7, 11) is 3.12. The molecular formula is C17H28O4. The van der Waals surface area contributed by atoms with Gasteiger partial charge in [-0.15, -0.1) is 0 Å². The Hall–Kier alpha value is -1.31. The van der Waals surface area contributed by atoms with Gasteiger partial charge >= 0.3 is 5.97 Å². The number of unbranched alkanes of at least 4 members (excludes halogenated alkanes) is 4. The number of hydrogen-bond acceptors (Lipinski definition) is 4. The van der Waals surface area contributed by atoms with Crippen LogP contribution in [0.1, 0.15) is 51.9 Å². The van der Waals surface area contributed by atoms with Gasteiger partial charge in [0, 0.05) is 27.1 Å². The summed E-state index contributed by atoms with van der Waals surface area (Å²) in [5, 5.41) is 0. The van der Waals surface area contributed by atoms with Gasteiger partial charge in [-0.05, 0) is 25.2 Å². The van der Waals surface area contributed by atoms with Crippen LogP contribution in [0.2, 0.25) is 0 Å². The summed E-state index contributed by atoms with van der Waals surface area (Å²) in [5.74, 6) is 5.75. The molecule has 0 heterocycles. The van der Waals surface area contributed by atoms with E-state index in [1.165, 1.54) is 0 Å². The van der Waals surface area contributed by atoms with E-state index in [1.54, 1.807) is 14.2 Å². The van der Waals surface area contributed by atoms with Crippen LogP contribution < -0.4 is 0 Å². The average Bonchev–Trinajstić information content (AvgIpc) is 2.50. The predicted molar refractivity (Wildman–Crippen MR) is 83.7 cm³/mol. The minimum Gasteiger partial charge on any atom is -0.461 e. The molecular weight excluding hydrogens is 268 g/mol. The molecule has 0 aliphatic heterocycles. The molecule has 0 fully saturated rings. The van der Waals surface area contributed by atoms with Gasteiger partial charge in [0.2, 0.25) is 6.29 Å². The average molecular weight is 296 g/mol. The number of methoxy groups -OCH3 is 2. The molecule has 0 rings (SSSR count). The fraction of sp³-hybridized carbons (Fsp3) is 0.706. The van der Waals surface area contributed by atoms with Crippen molar-refractivity contribution < 1.29 is 19.0 Å². The highest BCUT2D eigenvalue weighted by atomic mass is 16.7. The number of allylic oxidation sites excluding steroid dienone is 1. The van der Waals surface area contributed by atoms with Gasteiger partial charge in [-0.25, -0.2) is 0 Å². The zero-order valence-corrected chi connectivity index (χ0v) is 13.5. The van der Waals surface area contributed by atoms with E-state index in [4.69, 9.17) is 14.2 Å². The van der Waals surface area contributed by atoms with E-state index in [9.17, 15) is 4.79 Å². The number of ether oxygens (including phenoxy) is 3. The second-order valence-corrected chi connectivity index (χ2v) is 4.63. The first-order valence-corrected chi connectivity index (χ1v) is 7.59. The van der Waals surface area contributed by atoms with Crippen LogP contribution in [0.4, 0.5) is 0 Å². The third kappa shape index (κ3) is 13.4. The lowest BCUT2D eigenvalue weighted by Gasteiger charge is -2.04. The summed E-state index contributed by atoms with van der Waals surface area (Å²) in [6.07, 6.45) is 9.70. The van der Waals surface area contributed by atoms with Gasteiger partial charge in [0.1, 0.15) is 6.61 Å². The first-order chi connectivity index (χ1) is 10.2. The summed E-state index contributed by atoms with van der Waals surface area (Å²) in [5.41, 5.74) is 0. The van der Waals surface area contributed by atoms with Crippen LogP contribution in [0.15, 0.2) is 12.2 Å². The Bertz CT molecular complexity index is 334. The van der Waals surface area contributed by atoms with Crippen LogP contribution in [0.5, 0.6) is 0 Å². The summed E-state index contributed by atoms with van der Waals surface area (Å²) < 4.78 is 15.0. The number of carbonyl (C=O) groups excluding carboxylic acids is 1. The lowest BCUT2D eigenvalue weighted by molar-refractivity contribution is -0.142. The van der Waals surface area contributed by atoms with Crippen molar-refractivity contribution in [3.8, 4) is 11.8 Å². The Morgan fingerprint density at radius 1 is 1.14 bits per heavy atom. The Balaban J connectivity index is 3.48. The van der Waals surface area contributed by atoms with E-state index in [0.29, 0.717) is 13.0 Å². The zero-order valence-electron chi connectivity index (χ0n) is 13.5. The highest BCUT2D eigenvalue weighted by Gasteiger charge is 2.01. The molecule has 0 aromatic rings. The molecule has 0 radical (unpaired) electrons. The number of carbonyl (C=O) groups is 1. The monoisotopic (exact) mass is 296 g/mol. The molecule has 0 bridgehead atoms. The lowest BCUT2D eigenvalue weighted by Crippen LogP contribution is -2.09. The molecule has 0 N–H and O–H groups in total. The quantitative estimate of drug-likeness (QED) is 0.192. The van der Waals surface area contributed by atoms with E-state index in [1.807, 2.05) is 12.2 Å². The first kappa shape index (κ1) is 19.7. The van der Waals surface area contributed by atoms with Crippen LogP contribution in [-0.2, 0) is 19.0 Å². The van der Waals surface area contributed by atoms with E-state index in [2.05, 4.69) is 18.8 Å². The van der Waals surface area contributed by atoms with Crippen molar-refractivity contribution in [2.24, 2.45) is 0 Å². The molecule has 0 aromatic carbocycles. The Labute approximate surface area is 128 Å². The fourth-order valence-electron chi connectivity index (χ4n) is 1.59. The normalized spacial score (nSPS) is 10.7. The highest BCUT2D eigenvalue weighted by molar-refractivity contribution is 5.69. The van der Waals surface area contributed by atoms with E-state index in [-0.39, 0.29) is 5.97 Å². The van der Waals surface area contributed by atoms with E-state index in [0.717, 1.165) is 38.5 Å². The third-order valence-electron chi connectivity index (χ3n) is 2.79. The van der Waals surface area contributed by atoms with E-state index < -0.39 is 6.29 Å². The van der Waals surface area contributed by atoms with Crippen LogP contribution in [0.25, 0.3) is 0 Å². The summed E-state index contributed by atoms with van der Waals surface area (Å²) in [6, 6.07) is 0. The smallest absolute Gasteiger partial charge is 0.306 e. The maximum atomic E-state index is 11.4. The van der Waals surface area contributed by atoms with Crippen molar-refractivity contribution >= 4 is 5.97 Å². The summed E-state index contributed by atoms with van der Waals surface area (Å²) in [4.78, 5) is 11.4.